The first-order valence-corrected chi connectivity index (χ1v) is 36.1. The molecule has 1 fully saturated rings. The second-order valence-electron chi connectivity index (χ2n) is 24.6. The number of rotatable bonds is 62. The Morgan fingerprint density at radius 3 is 1.12 bits per heavy atom. The average molecular weight is 1200 g/mol. The number of ether oxygens (including phenoxy) is 2. The van der Waals surface area contributed by atoms with Crippen LogP contribution in [-0.4, -0.2) is 87.5 Å². The molecule has 0 bridgehead atoms. The molecule has 1 saturated heterocycles. The van der Waals surface area contributed by atoms with Crippen LogP contribution >= 0.6 is 0 Å². The molecule has 1 heterocycles. The van der Waals surface area contributed by atoms with Crippen LogP contribution in [0.15, 0.2) is 109 Å². The number of allylic oxidation sites excluding steroid dienone is 17. The van der Waals surface area contributed by atoms with Gasteiger partial charge in [-0.3, -0.25) is 4.79 Å². The number of amides is 1. The molecule has 6 N–H and O–H groups in total. The summed E-state index contributed by atoms with van der Waals surface area (Å²) in [4.78, 5) is 13.1. The predicted octanol–water partition coefficient (Wildman–Crippen LogP) is 20.0. The molecule has 7 unspecified atom stereocenters. The van der Waals surface area contributed by atoms with Gasteiger partial charge in [-0.05, 0) is 89.9 Å². The Balaban J connectivity index is 2.16. The molecule has 1 aliphatic heterocycles. The lowest BCUT2D eigenvalue weighted by Crippen LogP contribution is -2.60. The van der Waals surface area contributed by atoms with Crippen LogP contribution in [0.25, 0.3) is 0 Å². The monoisotopic (exact) mass is 1200 g/mol. The number of carbonyl (C=O) groups excluding carboxylic acids is 1. The number of aliphatic hydroxyl groups excluding tert-OH is 5. The molecular formula is C77H135NO8. The molecule has 1 amide bonds. The second-order valence-corrected chi connectivity index (χ2v) is 24.6. The van der Waals surface area contributed by atoms with Gasteiger partial charge in [-0.25, -0.2) is 0 Å². The van der Waals surface area contributed by atoms with Crippen molar-refractivity contribution in [2.24, 2.45) is 0 Å². The first-order valence-electron chi connectivity index (χ1n) is 36.1. The molecule has 0 spiro atoms. The van der Waals surface area contributed by atoms with Crippen LogP contribution in [0.5, 0.6) is 0 Å². The lowest BCUT2D eigenvalue weighted by atomic mass is 9.99. The van der Waals surface area contributed by atoms with E-state index in [-0.39, 0.29) is 12.5 Å². The van der Waals surface area contributed by atoms with Crippen LogP contribution in [0.1, 0.15) is 316 Å². The molecule has 9 heteroatoms. The van der Waals surface area contributed by atoms with Gasteiger partial charge in [-0.1, -0.05) is 329 Å². The van der Waals surface area contributed by atoms with Crippen molar-refractivity contribution in [2.45, 2.75) is 358 Å². The van der Waals surface area contributed by atoms with Gasteiger partial charge >= 0.3 is 0 Å². The zero-order chi connectivity index (χ0) is 62.1. The van der Waals surface area contributed by atoms with Crippen molar-refractivity contribution in [3.05, 3.63) is 109 Å². The average Bonchev–Trinajstić information content (AvgIpc) is 2.60. The lowest BCUT2D eigenvalue weighted by Gasteiger charge is -2.40. The molecule has 7 atom stereocenters. The molecule has 1 aliphatic rings. The van der Waals surface area contributed by atoms with Crippen molar-refractivity contribution in [1.29, 1.82) is 0 Å². The standard InChI is InChI=1S/C77H135NO8/c1-3-5-7-9-11-13-15-17-19-21-23-25-27-29-31-33-35-36-37-39-41-43-45-47-49-51-53-55-57-59-61-63-65-67-73(81)78-70(69-85-77-76(84)75(83)74(82)72(68-79)86-77)71(80)66-64-62-60-58-56-54-52-50-48-46-44-42-40-38-34-32-30-28-26-24-22-20-18-16-14-12-10-8-6-4-2/h5,7,11,13,17,19,23,25,29,31,35-36,39,41,56,58,64,66,70-72,74-77,79-80,82-84H,3-4,6,8-10,12,14-16,18,20-22,24,26-28,30,32-34,37-38,40,42-55,57,59-63,65,67-69H2,1-2H3,(H,78,81)/b7-5-,13-11-,19-17-,25-23-,31-29-,36-35-,41-39-,58-56+,66-64+. The minimum atomic E-state index is -1.58. The van der Waals surface area contributed by atoms with E-state index >= 15 is 0 Å². The molecule has 9 nitrogen and oxygen atoms in total. The topological polar surface area (TPSA) is 149 Å². The summed E-state index contributed by atoms with van der Waals surface area (Å²) in [6.07, 6.45) is 89.1. The van der Waals surface area contributed by atoms with Crippen molar-refractivity contribution in [3.63, 3.8) is 0 Å². The van der Waals surface area contributed by atoms with Crippen molar-refractivity contribution >= 4 is 5.91 Å². The summed E-state index contributed by atoms with van der Waals surface area (Å²) in [5, 5.41) is 54.8. The van der Waals surface area contributed by atoms with Crippen LogP contribution < -0.4 is 5.32 Å². The maximum atomic E-state index is 13.1. The first-order chi connectivity index (χ1) is 42.3. The third-order valence-electron chi connectivity index (χ3n) is 16.6. The van der Waals surface area contributed by atoms with Gasteiger partial charge < -0.3 is 40.3 Å². The van der Waals surface area contributed by atoms with Crippen molar-refractivity contribution < 1.29 is 39.8 Å². The summed E-state index contributed by atoms with van der Waals surface area (Å²) in [6.45, 7) is 3.68. The zero-order valence-electron chi connectivity index (χ0n) is 55.5. The molecule has 0 aromatic rings. The first kappa shape index (κ1) is 80.9. The smallest absolute Gasteiger partial charge is 0.220 e. The fourth-order valence-corrected chi connectivity index (χ4v) is 11.0. The van der Waals surface area contributed by atoms with Crippen molar-refractivity contribution in [1.82, 2.24) is 5.32 Å². The highest BCUT2D eigenvalue weighted by molar-refractivity contribution is 5.76. The van der Waals surface area contributed by atoms with Crippen LogP contribution in [0.2, 0.25) is 0 Å². The molecule has 0 aromatic heterocycles. The van der Waals surface area contributed by atoms with E-state index < -0.39 is 49.5 Å². The summed E-state index contributed by atoms with van der Waals surface area (Å²) in [5.74, 6) is -0.191. The van der Waals surface area contributed by atoms with Crippen LogP contribution in [0, 0.1) is 0 Å². The number of nitrogens with one attached hydrogen (secondary N) is 1. The third kappa shape index (κ3) is 52.8. The molecule has 0 aliphatic carbocycles. The summed E-state index contributed by atoms with van der Waals surface area (Å²) < 4.78 is 11.3. The van der Waals surface area contributed by atoms with Gasteiger partial charge in [0.1, 0.15) is 24.4 Å². The third-order valence-corrected chi connectivity index (χ3v) is 16.6. The molecule has 496 valence electrons. The molecular weight excluding hydrogens is 1070 g/mol. The predicted molar refractivity (Wildman–Crippen MR) is 368 cm³/mol. The SMILES string of the molecule is CC/C=C\C/C=C\C/C=C\C/C=C\C/C=C\C/C=C\C/C=C\CCCCCCCCCCCCCC(=O)NC(COC1OC(CO)C(O)C(O)C1O)C(O)/C=C/CC/C=C/CCCCCCCCCCCCCCCCCCCCCCCCCC. The van der Waals surface area contributed by atoms with E-state index in [1.54, 1.807) is 6.08 Å². The van der Waals surface area contributed by atoms with Crippen molar-refractivity contribution in [3.8, 4) is 0 Å². The Morgan fingerprint density at radius 1 is 0.407 bits per heavy atom. The molecule has 0 radical (unpaired) electrons. The summed E-state index contributed by atoms with van der Waals surface area (Å²) in [7, 11) is 0. The Bertz CT molecular complexity index is 1730. The Morgan fingerprint density at radius 2 is 0.733 bits per heavy atom. The van der Waals surface area contributed by atoms with Gasteiger partial charge in [0, 0.05) is 6.42 Å². The molecule has 86 heavy (non-hydrogen) atoms. The quantitative estimate of drug-likeness (QED) is 0.0261. The lowest BCUT2D eigenvalue weighted by molar-refractivity contribution is -0.302. The van der Waals surface area contributed by atoms with E-state index in [1.165, 1.54) is 199 Å². The maximum absolute atomic E-state index is 13.1. The Labute approximate surface area is 529 Å². The Hall–Kier alpha value is -3.15. The molecule has 0 aromatic carbocycles. The van der Waals surface area contributed by atoms with Gasteiger partial charge in [0.2, 0.25) is 5.91 Å². The fraction of sp³-hybridized carbons (Fsp3) is 0.753. The van der Waals surface area contributed by atoms with E-state index in [2.05, 4.69) is 116 Å². The second kappa shape index (κ2) is 64.8. The van der Waals surface area contributed by atoms with Crippen molar-refractivity contribution in [2.75, 3.05) is 13.2 Å². The highest BCUT2D eigenvalue weighted by atomic mass is 16.7. The van der Waals surface area contributed by atoms with Gasteiger partial charge in [0.05, 0.1) is 25.4 Å². The van der Waals surface area contributed by atoms with Crippen LogP contribution in [-0.2, 0) is 14.3 Å². The number of hydrogen-bond donors (Lipinski definition) is 6. The zero-order valence-corrected chi connectivity index (χ0v) is 55.5. The largest absolute Gasteiger partial charge is 0.394 e. The maximum Gasteiger partial charge on any atom is 0.220 e. The highest BCUT2D eigenvalue weighted by Gasteiger charge is 2.44. The van der Waals surface area contributed by atoms with E-state index in [1.807, 2.05) is 6.08 Å². The Kier molecular flexibility index (Phi) is 61.0. The minimum Gasteiger partial charge on any atom is -0.394 e. The molecule has 0 saturated carbocycles. The normalized spacial score (nSPS) is 18.7. The van der Waals surface area contributed by atoms with E-state index in [4.69, 9.17) is 9.47 Å². The van der Waals surface area contributed by atoms with Gasteiger partial charge in [0.25, 0.3) is 0 Å². The summed E-state index contributed by atoms with van der Waals surface area (Å²) in [5.41, 5.74) is 0. The number of carbonyl (C=O) groups is 1. The minimum absolute atomic E-state index is 0.191. The van der Waals surface area contributed by atoms with E-state index in [0.29, 0.717) is 6.42 Å². The number of hydrogen-bond acceptors (Lipinski definition) is 8. The van der Waals surface area contributed by atoms with Gasteiger partial charge in [0.15, 0.2) is 6.29 Å². The fourth-order valence-electron chi connectivity index (χ4n) is 11.0. The van der Waals surface area contributed by atoms with E-state index in [0.717, 1.165) is 96.3 Å². The van der Waals surface area contributed by atoms with Gasteiger partial charge in [-0.15, -0.1) is 0 Å². The van der Waals surface area contributed by atoms with E-state index in [9.17, 15) is 30.3 Å². The summed E-state index contributed by atoms with van der Waals surface area (Å²) >= 11 is 0. The number of unbranched alkanes of at least 4 members (excludes halogenated alkanes) is 36. The molecule has 1 rings (SSSR count). The van der Waals surface area contributed by atoms with Crippen LogP contribution in [0.4, 0.5) is 0 Å². The summed E-state index contributed by atoms with van der Waals surface area (Å²) in [6, 6.07) is -0.833. The highest BCUT2D eigenvalue weighted by Crippen LogP contribution is 2.23. The van der Waals surface area contributed by atoms with Crippen LogP contribution in [0.3, 0.4) is 0 Å². The van der Waals surface area contributed by atoms with Gasteiger partial charge in [-0.2, -0.15) is 0 Å². The number of aliphatic hydroxyl groups is 5.